The monoisotopic (exact) mass is 467 g/mol. The van der Waals surface area contributed by atoms with Crippen molar-refractivity contribution >= 4 is 16.9 Å². The van der Waals surface area contributed by atoms with E-state index in [2.05, 4.69) is 16.5 Å². The number of hydrogen-bond donors (Lipinski definition) is 0. The minimum Gasteiger partial charge on any atom is -0.332 e. The van der Waals surface area contributed by atoms with Gasteiger partial charge in [-0.2, -0.15) is 18.3 Å². The van der Waals surface area contributed by atoms with Gasteiger partial charge in [-0.15, -0.1) is 0 Å². The summed E-state index contributed by atoms with van der Waals surface area (Å²) in [5.74, 6) is -1.81. The van der Waals surface area contributed by atoms with E-state index in [0.717, 1.165) is 23.3 Å². The lowest BCUT2D eigenvalue weighted by atomic mass is 10.0. The quantitative estimate of drug-likeness (QED) is 0.312. The summed E-state index contributed by atoms with van der Waals surface area (Å²) in [6, 6.07) is 9.93. The molecule has 1 amide bonds. The van der Waals surface area contributed by atoms with E-state index < -0.39 is 23.5 Å². The van der Waals surface area contributed by atoms with Gasteiger partial charge in [0, 0.05) is 42.8 Å². The number of nitrogens with zero attached hydrogens (tertiary/aromatic N) is 5. The molecule has 4 heterocycles. The maximum atomic E-state index is 13.3. The third kappa shape index (κ3) is 3.70. The summed E-state index contributed by atoms with van der Waals surface area (Å²) in [6.07, 6.45) is 0.460. The van der Waals surface area contributed by atoms with Gasteiger partial charge in [0.05, 0.1) is 17.1 Å². The molecule has 1 aliphatic heterocycles. The van der Waals surface area contributed by atoms with Gasteiger partial charge in [-0.1, -0.05) is 18.7 Å². The van der Waals surface area contributed by atoms with Crippen LogP contribution in [0.2, 0.25) is 0 Å². The molecular weight excluding hydrogens is 450 g/mol. The van der Waals surface area contributed by atoms with Crippen molar-refractivity contribution in [2.45, 2.75) is 12.2 Å². The first-order chi connectivity index (χ1) is 16.2. The van der Waals surface area contributed by atoms with Crippen molar-refractivity contribution in [1.29, 1.82) is 0 Å². The minimum absolute atomic E-state index is 0.218. The van der Waals surface area contributed by atoms with Crippen molar-refractivity contribution in [3.05, 3.63) is 79.0 Å². The molecule has 6 nitrogen and oxygen atoms in total. The predicted molar refractivity (Wildman–Crippen MR) is 117 cm³/mol. The van der Waals surface area contributed by atoms with Gasteiger partial charge in [-0.05, 0) is 35.9 Å². The Labute approximate surface area is 191 Å². The lowest BCUT2D eigenvalue weighted by Crippen LogP contribution is -2.51. The lowest BCUT2D eigenvalue weighted by molar-refractivity contribution is -0.137. The molecule has 3 aromatic heterocycles. The number of pyridine rings is 2. The van der Waals surface area contributed by atoms with Gasteiger partial charge in [-0.3, -0.25) is 19.4 Å². The van der Waals surface area contributed by atoms with Gasteiger partial charge < -0.3 is 4.90 Å². The molecule has 1 saturated heterocycles. The molecule has 4 aromatic rings. The Kier molecular flexibility index (Phi) is 5.15. The zero-order valence-electron chi connectivity index (χ0n) is 17.6. The number of rotatable bonds is 4. The molecule has 0 bridgehead atoms. The van der Waals surface area contributed by atoms with Gasteiger partial charge in [0.1, 0.15) is 11.2 Å². The van der Waals surface area contributed by atoms with E-state index in [9.17, 15) is 22.4 Å². The molecule has 0 N–H and O–H groups in total. The van der Waals surface area contributed by atoms with Crippen molar-refractivity contribution < 1.29 is 22.4 Å². The second-order valence-corrected chi connectivity index (χ2v) is 7.93. The number of carbonyl (C=O) groups excluding carboxylic acids is 1. The Hall–Kier alpha value is -4.08. The zero-order valence-corrected chi connectivity index (χ0v) is 17.6. The summed E-state index contributed by atoms with van der Waals surface area (Å²) in [5.41, 5.74) is 2.96. The van der Waals surface area contributed by atoms with Gasteiger partial charge in [-0.25, -0.2) is 4.39 Å². The standard InChI is InChI=1S/C24H17F4N5O/c1-14(25)23(34)32-12-18(13-32)33-22-19(15-6-9-29-10-7-15)8-11-30-21(22)20(31-33)16-2-4-17(5-3-16)24(26,27)28/h2-11,18H,1,12-13H2. The molecule has 0 aliphatic carbocycles. The van der Waals surface area contributed by atoms with Crippen LogP contribution in [0.5, 0.6) is 0 Å². The van der Waals surface area contributed by atoms with Crippen molar-refractivity contribution in [1.82, 2.24) is 24.6 Å². The van der Waals surface area contributed by atoms with E-state index >= 15 is 0 Å². The Morgan fingerprint density at radius 1 is 0.971 bits per heavy atom. The summed E-state index contributed by atoms with van der Waals surface area (Å²) >= 11 is 0. The van der Waals surface area contributed by atoms with E-state index in [0.29, 0.717) is 22.3 Å². The second kappa shape index (κ2) is 8.05. The zero-order chi connectivity index (χ0) is 24.0. The maximum Gasteiger partial charge on any atom is 0.416 e. The smallest absolute Gasteiger partial charge is 0.332 e. The summed E-state index contributed by atoms with van der Waals surface area (Å²) < 4.78 is 54.1. The molecule has 0 saturated carbocycles. The Bertz CT molecular complexity index is 1390. The molecule has 5 rings (SSSR count). The Balaban J connectivity index is 1.64. The van der Waals surface area contributed by atoms with Crippen LogP contribution in [0.15, 0.2) is 73.5 Å². The number of aromatic nitrogens is 4. The SMILES string of the molecule is C=C(F)C(=O)N1CC(n2nc(-c3ccc(C(F)(F)F)cc3)c3nccc(-c4ccncc4)c32)C1. The second-order valence-electron chi connectivity index (χ2n) is 7.93. The van der Waals surface area contributed by atoms with Crippen LogP contribution in [-0.2, 0) is 11.0 Å². The first-order valence-corrected chi connectivity index (χ1v) is 10.3. The fourth-order valence-corrected chi connectivity index (χ4v) is 4.05. The first-order valence-electron chi connectivity index (χ1n) is 10.3. The topological polar surface area (TPSA) is 63.9 Å². The average molecular weight is 467 g/mol. The van der Waals surface area contributed by atoms with Crippen LogP contribution in [-0.4, -0.2) is 43.6 Å². The number of hydrogen-bond acceptors (Lipinski definition) is 4. The highest BCUT2D eigenvalue weighted by molar-refractivity contribution is 5.99. The van der Waals surface area contributed by atoms with E-state index in [1.165, 1.54) is 17.0 Å². The molecule has 172 valence electrons. The number of halogens is 4. The number of benzene rings is 1. The van der Waals surface area contributed by atoms with Gasteiger partial charge in [0.2, 0.25) is 0 Å². The van der Waals surface area contributed by atoms with Crippen molar-refractivity contribution in [3.63, 3.8) is 0 Å². The normalized spacial score (nSPS) is 14.3. The molecule has 1 aromatic carbocycles. The third-order valence-corrected chi connectivity index (χ3v) is 5.79. The predicted octanol–water partition coefficient (Wildman–Crippen LogP) is 5.05. The number of carbonyl (C=O) groups is 1. The van der Waals surface area contributed by atoms with Crippen LogP contribution >= 0.6 is 0 Å². The van der Waals surface area contributed by atoms with Crippen LogP contribution in [0.25, 0.3) is 33.4 Å². The first kappa shape index (κ1) is 21.7. The van der Waals surface area contributed by atoms with E-state index in [1.54, 1.807) is 23.3 Å². The summed E-state index contributed by atoms with van der Waals surface area (Å²) in [4.78, 5) is 21.8. The van der Waals surface area contributed by atoms with Crippen LogP contribution in [0.3, 0.4) is 0 Å². The summed E-state index contributed by atoms with van der Waals surface area (Å²) in [6.45, 7) is 3.49. The van der Waals surface area contributed by atoms with E-state index in [-0.39, 0.29) is 19.1 Å². The van der Waals surface area contributed by atoms with Gasteiger partial charge in [0.25, 0.3) is 5.91 Å². The van der Waals surface area contributed by atoms with Crippen LogP contribution < -0.4 is 0 Å². The highest BCUT2D eigenvalue weighted by atomic mass is 19.4. The Morgan fingerprint density at radius 3 is 2.26 bits per heavy atom. The molecule has 0 spiro atoms. The van der Waals surface area contributed by atoms with Crippen LogP contribution in [0.1, 0.15) is 11.6 Å². The highest BCUT2D eigenvalue weighted by Crippen LogP contribution is 2.38. The average Bonchev–Trinajstić information content (AvgIpc) is 3.17. The molecule has 1 aliphatic rings. The number of alkyl halides is 3. The van der Waals surface area contributed by atoms with Crippen molar-refractivity contribution in [3.8, 4) is 22.4 Å². The van der Waals surface area contributed by atoms with E-state index in [1.807, 2.05) is 18.2 Å². The Morgan fingerprint density at radius 2 is 1.65 bits per heavy atom. The molecule has 0 radical (unpaired) electrons. The number of amides is 1. The van der Waals surface area contributed by atoms with E-state index in [4.69, 9.17) is 5.10 Å². The fourth-order valence-electron chi connectivity index (χ4n) is 4.05. The molecule has 10 heteroatoms. The number of fused-ring (bicyclic) bond motifs is 1. The summed E-state index contributed by atoms with van der Waals surface area (Å²) in [7, 11) is 0. The summed E-state index contributed by atoms with van der Waals surface area (Å²) in [5, 5.41) is 4.70. The minimum atomic E-state index is -4.45. The van der Waals surface area contributed by atoms with Crippen molar-refractivity contribution in [2.24, 2.45) is 0 Å². The highest BCUT2D eigenvalue weighted by Gasteiger charge is 2.36. The molecule has 0 atom stereocenters. The van der Waals surface area contributed by atoms with Crippen LogP contribution in [0.4, 0.5) is 17.6 Å². The number of likely N-dealkylation sites (tertiary alicyclic amines) is 1. The molecule has 1 fully saturated rings. The van der Waals surface area contributed by atoms with Crippen molar-refractivity contribution in [2.75, 3.05) is 13.1 Å². The van der Waals surface area contributed by atoms with Gasteiger partial charge in [0.15, 0.2) is 5.83 Å². The maximum absolute atomic E-state index is 13.3. The third-order valence-electron chi connectivity index (χ3n) is 5.79. The van der Waals surface area contributed by atoms with Crippen LogP contribution in [0, 0.1) is 0 Å². The molecule has 34 heavy (non-hydrogen) atoms. The largest absolute Gasteiger partial charge is 0.416 e. The molecule has 0 unspecified atom stereocenters. The van der Waals surface area contributed by atoms with Gasteiger partial charge >= 0.3 is 6.18 Å². The lowest BCUT2D eigenvalue weighted by Gasteiger charge is -2.39. The molecular formula is C24H17F4N5O. The fraction of sp³-hybridized carbons (Fsp3) is 0.167.